The molecule has 0 aromatic carbocycles. The maximum Gasteiger partial charge on any atom is 0.527 e. The number of aliphatic carboxylic acids is 1. The number of hydrogen-bond donors (Lipinski definition) is 1. The molecule has 20 heavy (non-hydrogen) atoms. The predicted octanol–water partition coefficient (Wildman–Crippen LogP) is 3.11. The van der Waals surface area contributed by atoms with E-state index in [1.165, 1.54) is 4.74 Å². The topological polar surface area (TPSA) is 46.5 Å². The van der Waals surface area contributed by atoms with Crippen molar-refractivity contribution in [3.05, 3.63) is 0 Å². The van der Waals surface area contributed by atoms with Crippen LogP contribution in [0.1, 0.15) is 0 Å². The molecule has 0 unspecified atom stereocenters. The first-order valence-corrected chi connectivity index (χ1v) is 3.91. The van der Waals surface area contributed by atoms with Gasteiger partial charge in [0.2, 0.25) is 0 Å². The molecule has 0 atom stereocenters. The van der Waals surface area contributed by atoms with Gasteiger partial charge in [-0.1, -0.05) is 0 Å². The average Bonchev–Trinajstić information content (AvgIpc) is 2.12. The van der Waals surface area contributed by atoms with Crippen molar-refractivity contribution >= 4 is 5.97 Å². The fraction of sp³-hybridized carbons (Fsp3) is 0.833. The summed E-state index contributed by atoms with van der Waals surface area (Å²) in [7, 11) is 0. The van der Waals surface area contributed by atoms with Gasteiger partial charge in [0.15, 0.2) is 0 Å². The minimum absolute atomic E-state index is 1.36. The van der Waals surface area contributed by atoms with Gasteiger partial charge < -0.3 is 5.11 Å². The molecule has 0 heterocycles. The second-order valence-corrected chi connectivity index (χ2v) is 3.09. The Morgan fingerprint density at radius 3 is 1.35 bits per heavy atom. The van der Waals surface area contributed by atoms with E-state index in [-0.39, 0.29) is 0 Å². The Balaban J connectivity index is 5.78. The van der Waals surface area contributed by atoms with Crippen LogP contribution in [-0.2, 0) is 9.53 Å². The maximum absolute atomic E-state index is 12.5. The lowest BCUT2D eigenvalue weighted by Crippen LogP contribution is -2.65. The van der Waals surface area contributed by atoms with Gasteiger partial charge in [-0.2, -0.15) is 35.1 Å². The average molecular weight is 330 g/mol. The molecule has 0 saturated heterocycles. The van der Waals surface area contributed by atoms with E-state index in [0.717, 1.165) is 0 Å². The van der Waals surface area contributed by atoms with Crippen molar-refractivity contribution in [1.82, 2.24) is 0 Å². The molecule has 0 radical (unpaired) electrons. The SMILES string of the molecule is O=C(O)C(F)(F)C(F)(F)C(F)(F)C(F)(F)OC(F)(F)F. The van der Waals surface area contributed by atoms with E-state index in [0.29, 0.717) is 0 Å². The lowest BCUT2D eigenvalue weighted by molar-refractivity contribution is -0.493. The molecule has 0 fully saturated rings. The molecule has 120 valence electrons. The normalized spacial score (nSPS) is 15.3. The molecular formula is C6HF11O3. The van der Waals surface area contributed by atoms with Crippen LogP contribution < -0.4 is 0 Å². The molecule has 0 aromatic rings. The van der Waals surface area contributed by atoms with Gasteiger partial charge in [0.25, 0.3) is 0 Å². The third-order valence-electron chi connectivity index (χ3n) is 1.67. The van der Waals surface area contributed by atoms with Gasteiger partial charge in [0.1, 0.15) is 0 Å². The lowest BCUT2D eigenvalue weighted by atomic mass is 10.0. The van der Waals surface area contributed by atoms with Gasteiger partial charge in [-0.25, -0.2) is 9.53 Å². The van der Waals surface area contributed by atoms with Gasteiger partial charge in [0.05, 0.1) is 0 Å². The van der Waals surface area contributed by atoms with Gasteiger partial charge in [-0.3, -0.25) is 0 Å². The van der Waals surface area contributed by atoms with Gasteiger partial charge >= 0.3 is 36.2 Å². The second kappa shape index (κ2) is 4.60. The zero-order valence-electron chi connectivity index (χ0n) is 8.42. The highest BCUT2D eigenvalue weighted by Gasteiger charge is 2.85. The highest BCUT2D eigenvalue weighted by atomic mass is 19.4. The van der Waals surface area contributed by atoms with Crippen LogP contribution in [0, 0.1) is 0 Å². The molecule has 0 aliphatic carbocycles. The molecule has 0 amide bonds. The van der Waals surface area contributed by atoms with E-state index >= 15 is 0 Å². The lowest BCUT2D eigenvalue weighted by Gasteiger charge is -2.34. The first-order chi connectivity index (χ1) is 8.40. The fourth-order valence-electron chi connectivity index (χ4n) is 0.724. The molecule has 0 bridgehead atoms. The molecule has 0 saturated carbocycles. The first-order valence-electron chi connectivity index (χ1n) is 3.91. The second-order valence-electron chi connectivity index (χ2n) is 3.09. The molecule has 3 nitrogen and oxygen atoms in total. The number of halogens is 11. The smallest absolute Gasteiger partial charge is 0.477 e. The Kier molecular flexibility index (Phi) is 4.29. The monoisotopic (exact) mass is 330 g/mol. The zero-order chi connectivity index (χ0) is 16.8. The molecule has 0 aliphatic rings. The molecular weight excluding hydrogens is 329 g/mol. The van der Waals surface area contributed by atoms with Crippen molar-refractivity contribution in [2.75, 3.05) is 0 Å². The quantitative estimate of drug-likeness (QED) is 0.788. The number of carboxylic acids is 1. The van der Waals surface area contributed by atoms with Crippen LogP contribution in [0.3, 0.4) is 0 Å². The summed E-state index contributed by atoms with van der Waals surface area (Å²) in [5.74, 6) is -25.6. The van der Waals surface area contributed by atoms with Crippen molar-refractivity contribution < 1.29 is 62.9 Å². The fourth-order valence-corrected chi connectivity index (χ4v) is 0.724. The standard InChI is InChI=1S/C6HF11O3/c7-2(8,1(18)19)3(9,10)4(11,12)5(13,14)20-6(15,16)17/h(H,18,19). The Morgan fingerprint density at radius 2 is 1.10 bits per heavy atom. The molecule has 1 N–H and O–H groups in total. The summed E-state index contributed by atoms with van der Waals surface area (Å²) < 4.78 is 135. The van der Waals surface area contributed by atoms with E-state index < -0.39 is 36.2 Å². The van der Waals surface area contributed by atoms with E-state index in [1.54, 1.807) is 0 Å². The predicted molar refractivity (Wildman–Crippen MR) is 34.6 cm³/mol. The summed E-state index contributed by atoms with van der Waals surface area (Å²) in [4.78, 5) is 9.66. The van der Waals surface area contributed by atoms with E-state index in [4.69, 9.17) is 5.11 Å². The zero-order valence-corrected chi connectivity index (χ0v) is 8.42. The van der Waals surface area contributed by atoms with Crippen LogP contribution in [-0.4, -0.2) is 41.3 Å². The summed E-state index contributed by atoms with van der Waals surface area (Å²) in [6.45, 7) is 0. The number of alkyl halides is 11. The Hall–Kier alpha value is -1.34. The van der Waals surface area contributed by atoms with Crippen LogP contribution in [0.15, 0.2) is 0 Å². The van der Waals surface area contributed by atoms with Crippen LogP contribution in [0.5, 0.6) is 0 Å². The summed E-state index contributed by atoms with van der Waals surface area (Å²) in [6.07, 6.45) is -13.7. The highest BCUT2D eigenvalue weighted by molar-refractivity contribution is 5.77. The Morgan fingerprint density at radius 1 is 0.750 bits per heavy atom. The van der Waals surface area contributed by atoms with Crippen LogP contribution >= 0.6 is 0 Å². The number of ether oxygens (including phenoxy) is 1. The van der Waals surface area contributed by atoms with Crippen molar-refractivity contribution in [2.45, 2.75) is 30.2 Å². The third-order valence-corrected chi connectivity index (χ3v) is 1.67. The number of carbonyl (C=O) groups is 1. The van der Waals surface area contributed by atoms with E-state index in [2.05, 4.69) is 0 Å². The van der Waals surface area contributed by atoms with Crippen molar-refractivity contribution in [3.63, 3.8) is 0 Å². The largest absolute Gasteiger partial charge is 0.527 e. The summed E-state index contributed by atoms with van der Waals surface area (Å²) >= 11 is 0. The summed E-state index contributed by atoms with van der Waals surface area (Å²) in [5.41, 5.74) is 0. The van der Waals surface area contributed by atoms with Gasteiger partial charge in [0, 0.05) is 0 Å². The third kappa shape index (κ3) is 2.88. The van der Waals surface area contributed by atoms with Crippen LogP contribution in [0.4, 0.5) is 48.3 Å². The van der Waals surface area contributed by atoms with Crippen molar-refractivity contribution in [3.8, 4) is 0 Å². The van der Waals surface area contributed by atoms with Crippen molar-refractivity contribution in [2.24, 2.45) is 0 Å². The van der Waals surface area contributed by atoms with Crippen molar-refractivity contribution in [1.29, 1.82) is 0 Å². The van der Waals surface area contributed by atoms with E-state index in [1.807, 2.05) is 0 Å². The number of carboxylic acid groups (broad SMARTS) is 1. The molecule has 0 aliphatic heterocycles. The number of hydrogen-bond acceptors (Lipinski definition) is 2. The summed E-state index contributed by atoms with van der Waals surface area (Å²) in [5, 5.41) is 7.57. The Labute approximate surface area is 100 Å². The van der Waals surface area contributed by atoms with Gasteiger partial charge in [-0.15, -0.1) is 13.2 Å². The minimum Gasteiger partial charge on any atom is -0.477 e. The van der Waals surface area contributed by atoms with Crippen LogP contribution in [0.25, 0.3) is 0 Å². The van der Waals surface area contributed by atoms with Crippen LogP contribution in [0.2, 0.25) is 0 Å². The highest BCUT2D eigenvalue weighted by Crippen LogP contribution is 2.54. The van der Waals surface area contributed by atoms with Gasteiger partial charge in [-0.05, 0) is 0 Å². The summed E-state index contributed by atoms with van der Waals surface area (Å²) in [6, 6.07) is 0. The Bertz CT molecular complexity index is 384. The molecule has 14 heteroatoms. The minimum atomic E-state index is -7.47. The number of rotatable bonds is 5. The molecule has 0 rings (SSSR count). The molecule has 0 spiro atoms. The molecule has 0 aromatic heterocycles. The van der Waals surface area contributed by atoms with E-state index in [9.17, 15) is 53.1 Å². The first kappa shape index (κ1) is 18.7. The maximum atomic E-state index is 12.5.